The first-order valence-corrected chi connectivity index (χ1v) is 8.16. The SMILES string of the molecule is CC(C)(C)NCc1ccc(N2CCCC2C(N)=O)cc1Br. The maximum absolute atomic E-state index is 11.5. The Morgan fingerprint density at radius 1 is 1.48 bits per heavy atom. The summed E-state index contributed by atoms with van der Waals surface area (Å²) < 4.78 is 1.06. The van der Waals surface area contributed by atoms with Gasteiger partial charge >= 0.3 is 0 Å². The van der Waals surface area contributed by atoms with Crippen molar-refractivity contribution in [2.24, 2.45) is 5.73 Å². The van der Waals surface area contributed by atoms with Gasteiger partial charge in [0.05, 0.1) is 0 Å². The number of nitrogens with zero attached hydrogens (tertiary/aromatic N) is 1. The Morgan fingerprint density at radius 2 is 2.19 bits per heavy atom. The lowest BCUT2D eigenvalue weighted by Crippen LogP contribution is -2.40. The van der Waals surface area contributed by atoms with Gasteiger partial charge in [-0.1, -0.05) is 22.0 Å². The minimum Gasteiger partial charge on any atom is -0.368 e. The third-order valence-electron chi connectivity index (χ3n) is 3.76. The predicted molar refractivity (Wildman–Crippen MR) is 90.3 cm³/mol. The molecule has 1 aliphatic heterocycles. The minimum atomic E-state index is -0.234. The first-order chi connectivity index (χ1) is 9.78. The van der Waals surface area contributed by atoms with E-state index in [1.165, 1.54) is 5.56 Å². The Hall–Kier alpha value is -1.07. The number of amides is 1. The molecule has 2 rings (SSSR count). The maximum atomic E-state index is 11.5. The summed E-state index contributed by atoms with van der Waals surface area (Å²) >= 11 is 3.64. The molecule has 1 saturated heterocycles. The van der Waals surface area contributed by atoms with Crippen LogP contribution in [0.15, 0.2) is 22.7 Å². The van der Waals surface area contributed by atoms with Crippen LogP contribution in [0.5, 0.6) is 0 Å². The van der Waals surface area contributed by atoms with Gasteiger partial charge in [-0.2, -0.15) is 0 Å². The number of anilines is 1. The minimum absolute atomic E-state index is 0.0874. The zero-order valence-electron chi connectivity index (χ0n) is 12.9. The van der Waals surface area contributed by atoms with Gasteiger partial charge in [0.15, 0.2) is 0 Å². The smallest absolute Gasteiger partial charge is 0.240 e. The lowest BCUT2D eigenvalue weighted by Gasteiger charge is -2.25. The van der Waals surface area contributed by atoms with E-state index in [4.69, 9.17) is 5.73 Å². The quantitative estimate of drug-likeness (QED) is 0.874. The van der Waals surface area contributed by atoms with E-state index in [9.17, 15) is 4.79 Å². The van der Waals surface area contributed by atoms with Gasteiger partial charge in [0.1, 0.15) is 6.04 Å². The number of carbonyl (C=O) groups excluding carboxylic acids is 1. The summed E-state index contributed by atoms with van der Waals surface area (Å²) in [4.78, 5) is 13.6. The molecule has 1 heterocycles. The highest BCUT2D eigenvalue weighted by Crippen LogP contribution is 2.29. The summed E-state index contributed by atoms with van der Waals surface area (Å²) in [6.07, 6.45) is 1.86. The van der Waals surface area contributed by atoms with E-state index in [-0.39, 0.29) is 17.5 Å². The zero-order chi connectivity index (χ0) is 15.6. The van der Waals surface area contributed by atoms with Crippen LogP contribution in [-0.2, 0) is 11.3 Å². The fraction of sp³-hybridized carbons (Fsp3) is 0.562. The molecule has 0 bridgehead atoms. The number of benzene rings is 1. The van der Waals surface area contributed by atoms with Gasteiger partial charge in [0.2, 0.25) is 5.91 Å². The lowest BCUT2D eigenvalue weighted by molar-refractivity contribution is -0.119. The monoisotopic (exact) mass is 353 g/mol. The van der Waals surface area contributed by atoms with E-state index >= 15 is 0 Å². The van der Waals surface area contributed by atoms with Crippen LogP contribution in [0.2, 0.25) is 0 Å². The molecule has 1 atom stereocenters. The summed E-state index contributed by atoms with van der Waals surface area (Å²) in [6, 6.07) is 6.09. The van der Waals surface area contributed by atoms with Crippen LogP contribution in [0.1, 0.15) is 39.2 Å². The molecular weight excluding hydrogens is 330 g/mol. The highest BCUT2D eigenvalue weighted by Gasteiger charge is 2.29. The molecular formula is C16H24BrN3O. The van der Waals surface area contributed by atoms with Crippen molar-refractivity contribution < 1.29 is 4.79 Å². The summed E-state index contributed by atoms with van der Waals surface area (Å²) in [5, 5.41) is 3.48. The Morgan fingerprint density at radius 3 is 2.76 bits per heavy atom. The Kier molecular flexibility index (Phi) is 4.94. The molecule has 1 unspecified atom stereocenters. The first-order valence-electron chi connectivity index (χ1n) is 7.37. The Labute approximate surface area is 135 Å². The summed E-state index contributed by atoms with van der Waals surface area (Å²) in [5.74, 6) is -0.234. The van der Waals surface area contributed by atoms with Gasteiger partial charge in [0.25, 0.3) is 0 Å². The van der Waals surface area contributed by atoms with Crippen molar-refractivity contribution in [3.05, 3.63) is 28.2 Å². The standard InChI is InChI=1S/C16H24BrN3O/c1-16(2,3)19-10-11-6-7-12(9-13(11)17)20-8-4-5-14(20)15(18)21/h6-7,9,14,19H,4-5,8,10H2,1-3H3,(H2,18,21). The van der Waals surface area contributed by atoms with Crippen molar-refractivity contribution >= 4 is 27.5 Å². The van der Waals surface area contributed by atoms with Gasteiger partial charge in [0, 0.05) is 28.8 Å². The summed E-state index contributed by atoms with van der Waals surface area (Å²) in [6.45, 7) is 8.15. The lowest BCUT2D eigenvalue weighted by atomic mass is 10.1. The molecule has 1 aromatic rings. The van der Waals surface area contributed by atoms with Crippen LogP contribution >= 0.6 is 15.9 Å². The van der Waals surface area contributed by atoms with Crippen LogP contribution in [0.25, 0.3) is 0 Å². The van der Waals surface area contributed by atoms with Crippen molar-refractivity contribution in [3.63, 3.8) is 0 Å². The van der Waals surface area contributed by atoms with Crippen LogP contribution in [0.4, 0.5) is 5.69 Å². The highest BCUT2D eigenvalue weighted by atomic mass is 79.9. The largest absolute Gasteiger partial charge is 0.368 e. The van der Waals surface area contributed by atoms with Gasteiger partial charge in [-0.25, -0.2) is 0 Å². The molecule has 0 spiro atoms. The molecule has 3 N–H and O–H groups in total. The number of halogens is 1. The number of hydrogen-bond donors (Lipinski definition) is 2. The van der Waals surface area contributed by atoms with Crippen LogP contribution < -0.4 is 16.0 Å². The summed E-state index contributed by atoms with van der Waals surface area (Å²) in [5.41, 5.74) is 7.84. The average molecular weight is 354 g/mol. The molecule has 4 nitrogen and oxygen atoms in total. The normalized spacial score (nSPS) is 19.0. The second kappa shape index (κ2) is 6.36. The van der Waals surface area contributed by atoms with Gasteiger partial charge in [-0.05, 0) is 51.3 Å². The second-order valence-corrected chi connectivity index (χ2v) is 7.49. The fourth-order valence-corrected chi connectivity index (χ4v) is 3.10. The number of rotatable bonds is 4. The van der Waals surface area contributed by atoms with E-state index in [1.54, 1.807) is 0 Å². The number of carbonyl (C=O) groups is 1. The Balaban J connectivity index is 2.13. The molecule has 5 heteroatoms. The van der Waals surface area contributed by atoms with Crippen molar-refractivity contribution in [2.45, 2.75) is 51.7 Å². The third-order valence-corrected chi connectivity index (χ3v) is 4.50. The molecule has 21 heavy (non-hydrogen) atoms. The van der Waals surface area contributed by atoms with Crippen LogP contribution in [-0.4, -0.2) is 24.0 Å². The molecule has 1 aliphatic rings. The first kappa shape index (κ1) is 16.3. The topological polar surface area (TPSA) is 58.4 Å². The zero-order valence-corrected chi connectivity index (χ0v) is 14.5. The predicted octanol–water partition coefficient (Wildman–Crippen LogP) is 2.79. The van der Waals surface area contributed by atoms with E-state index in [0.29, 0.717) is 0 Å². The molecule has 0 radical (unpaired) electrons. The fourth-order valence-electron chi connectivity index (χ4n) is 2.59. The molecule has 0 aliphatic carbocycles. The highest BCUT2D eigenvalue weighted by molar-refractivity contribution is 9.10. The molecule has 1 amide bonds. The van der Waals surface area contributed by atoms with E-state index in [0.717, 1.165) is 36.1 Å². The summed E-state index contributed by atoms with van der Waals surface area (Å²) in [7, 11) is 0. The van der Waals surface area contributed by atoms with Crippen molar-refractivity contribution in [1.82, 2.24) is 5.32 Å². The number of primary amides is 1. The number of nitrogens with two attached hydrogens (primary N) is 1. The number of nitrogens with one attached hydrogen (secondary N) is 1. The van der Waals surface area contributed by atoms with Gasteiger partial charge < -0.3 is 16.0 Å². The van der Waals surface area contributed by atoms with Crippen LogP contribution in [0.3, 0.4) is 0 Å². The maximum Gasteiger partial charge on any atom is 0.240 e. The number of hydrogen-bond acceptors (Lipinski definition) is 3. The van der Waals surface area contributed by atoms with E-state index < -0.39 is 0 Å². The molecule has 0 saturated carbocycles. The van der Waals surface area contributed by atoms with Crippen molar-refractivity contribution in [3.8, 4) is 0 Å². The Bertz CT molecular complexity index is 525. The van der Waals surface area contributed by atoms with E-state index in [1.807, 2.05) is 0 Å². The molecule has 116 valence electrons. The van der Waals surface area contributed by atoms with E-state index in [2.05, 4.69) is 65.1 Å². The average Bonchev–Trinajstić information content (AvgIpc) is 2.85. The van der Waals surface area contributed by atoms with Crippen LogP contribution in [0, 0.1) is 0 Å². The van der Waals surface area contributed by atoms with Crippen molar-refractivity contribution in [2.75, 3.05) is 11.4 Å². The van der Waals surface area contributed by atoms with Crippen molar-refractivity contribution in [1.29, 1.82) is 0 Å². The molecule has 0 aromatic heterocycles. The molecule has 1 fully saturated rings. The third kappa shape index (κ3) is 4.20. The van der Waals surface area contributed by atoms with Gasteiger partial charge in [-0.3, -0.25) is 4.79 Å². The van der Waals surface area contributed by atoms with Gasteiger partial charge in [-0.15, -0.1) is 0 Å². The molecule has 1 aromatic carbocycles. The second-order valence-electron chi connectivity index (χ2n) is 6.63.